The zero-order chi connectivity index (χ0) is 24.3. The average Bonchev–Trinajstić information content (AvgIpc) is 3.76. The van der Waals surface area contributed by atoms with E-state index in [1.165, 1.54) is 0 Å². The topological polar surface area (TPSA) is 60.5 Å². The first-order chi connectivity index (χ1) is 18.3. The fraction of sp³-hybridized carbons (Fsp3) is 0.0323. The fourth-order valence-corrected chi connectivity index (χ4v) is 5.96. The van der Waals surface area contributed by atoms with E-state index in [1.807, 2.05) is 54.6 Å². The van der Waals surface area contributed by atoms with Crippen LogP contribution in [0.5, 0.6) is 11.5 Å². The van der Waals surface area contributed by atoms with Crippen LogP contribution in [0.1, 0.15) is 12.1 Å². The minimum Gasteiger partial charge on any atom is -0.464 e. The highest BCUT2D eigenvalue weighted by molar-refractivity contribution is 7.13. The first-order valence-corrected chi connectivity index (χ1v) is 12.9. The van der Waals surface area contributed by atoms with Gasteiger partial charge in [0, 0.05) is 32.3 Å². The zero-order valence-electron chi connectivity index (χ0n) is 19.4. The van der Waals surface area contributed by atoms with Gasteiger partial charge in [-0.15, -0.1) is 11.3 Å². The summed E-state index contributed by atoms with van der Waals surface area (Å²) < 4.78 is 24.9. The number of rotatable bonds is 4. The van der Waals surface area contributed by atoms with Crippen LogP contribution in [0.15, 0.2) is 111 Å². The van der Waals surface area contributed by atoms with E-state index in [0.29, 0.717) is 17.3 Å². The molecule has 8 rings (SSSR count). The molecule has 37 heavy (non-hydrogen) atoms. The summed E-state index contributed by atoms with van der Waals surface area (Å²) in [7, 11) is 0. The molecular formula is C31H19NO4S. The van der Waals surface area contributed by atoms with Gasteiger partial charge in [0.2, 0.25) is 0 Å². The van der Waals surface area contributed by atoms with Crippen molar-refractivity contribution >= 4 is 33.2 Å². The van der Waals surface area contributed by atoms with Crippen LogP contribution in [-0.2, 0) is 0 Å². The van der Waals surface area contributed by atoms with Crippen molar-refractivity contribution in [2.75, 3.05) is 0 Å². The lowest BCUT2D eigenvalue weighted by atomic mass is 9.95. The fourth-order valence-electron chi connectivity index (χ4n) is 5.17. The van der Waals surface area contributed by atoms with Crippen molar-refractivity contribution in [1.29, 1.82) is 0 Å². The molecule has 0 radical (unpaired) electrons. The standard InChI is InChI=1S/C31H19NO4S/c1-2-8-20-18(7-1)17-21(32-20)28-29-25(34-30(28)31-35-23-9-3-4-10-24(23)36-31)14-13-19(22-11-5-15-33-22)27(29)26-12-6-16-37-26/h1-17,31-32H. The van der Waals surface area contributed by atoms with Crippen molar-refractivity contribution in [3.8, 4) is 44.5 Å². The number of hydrogen-bond acceptors (Lipinski definition) is 5. The maximum atomic E-state index is 6.58. The molecule has 0 spiro atoms. The molecule has 4 aromatic heterocycles. The molecule has 5 heterocycles. The molecule has 1 aliphatic heterocycles. The van der Waals surface area contributed by atoms with E-state index < -0.39 is 6.29 Å². The molecule has 0 bridgehead atoms. The lowest BCUT2D eigenvalue weighted by Crippen LogP contribution is -2.08. The van der Waals surface area contributed by atoms with Crippen molar-refractivity contribution in [2.24, 2.45) is 0 Å². The highest BCUT2D eigenvalue weighted by atomic mass is 32.1. The predicted octanol–water partition coefficient (Wildman–Crippen LogP) is 9.04. The van der Waals surface area contributed by atoms with E-state index in [1.54, 1.807) is 17.6 Å². The first-order valence-electron chi connectivity index (χ1n) is 12.0. The smallest absolute Gasteiger partial charge is 0.301 e. The molecule has 0 aliphatic carbocycles. The second-order valence-corrected chi connectivity index (χ2v) is 9.89. The number of thiophene rings is 1. The maximum absolute atomic E-state index is 6.58. The van der Waals surface area contributed by atoms with E-state index in [4.69, 9.17) is 18.3 Å². The van der Waals surface area contributed by atoms with Gasteiger partial charge in [0.05, 0.1) is 17.5 Å². The molecule has 0 saturated carbocycles. The molecule has 0 fully saturated rings. The highest BCUT2D eigenvalue weighted by Gasteiger charge is 2.34. The molecule has 6 heteroatoms. The van der Waals surface area contributed by atoms with Gasteiger partial charge in [0.1, 0.15) is 11.3 Å². The van der Waals surface area contributed by atoms with E-state index in [0.717, 1.165) is 54.9 Å². The summed E-state index contributed by atoms with van der Waals surface area (Å²) in [4.78, 5) is 4.73. The van der Waals surface area contributed by atoms with Crippen LogP contribution in [-0.4, -0.2) is 4.98 Å². The summed E-state index contributed by atoms with van der Waals surface area (Å²) in [5, 5.41) is 4.19. The van der Waals surface area contributed by atoms with Gasteiger partial charge >= 0.3 is 6.29 Å². The largest absolute Gasteiger partial charge is 0.464 e. The Morgan fingerprint density at radius 3 is 2.35 bits per heavy atom. The molecule has 0 atom stereocenters. The van der Waals surface area contributed by atoms with Crippen LogP contribution >= 0.6 is 11.3 Å². The zero-order valence-corrected chi connectivity index (χ0v) is 20.3. The van der Waals surface area contributed by atoms with Crippen LogP contribution in [0, 0.1) is 0 Å². The Labute approximate surface area is 215 Å². The van der Waals surface area contributed by atoms with E-state index in [2.05, 4.69) is 46.8 Å². The van der Waals surface area contributed by atoms with Crippen LogP contribution in [0.3, 0.4) is 0 Å². The average molecular weight is 502 g/mol. The van der Waals surface area contributed by atoms with Crippen molar-refractivity contribution in [3.63, 3.8) is 0 Å². The Hall–Kier alpha value is -4.68. The summed E-state index contributed by atoms with van der Waals surface area (Å²) in [5.41, 5.74) is 5.72. The van der Waals surface area contributed by atoms with E-state index in [-0.39, 0.29) is 0 Å². The number of aromatic nitrogens is 1. The number of furan rings is 2. The number of hydrogen-bond donors (Lipinski definition) is 1. The van der Waals surface area contributed by atoms with Crippen LogP contribution < -0.4 is 9.47 Å². The van der Waals surface area contributed by atoms with Crippen molar-refractivity contribution < 1.29 is 18.3 Å². The molecule has 0 saturated heterocycles. The van der Waals surface area contributed by atoms with Crippen LogP contribution in [0.4, 0.5) is 0 Å². The maximum Gasteiger partial charge on any atom is 0.301 e. The molecule has 0 amide bonds. The minimum absolute atomic E-state index is 0.618. The number of aromatic amines is 1. The molecule has 178 valence electrons. The Morgan fingerprint density at radius 1 is 0.757 bits per heavy atom. The second-order valence-electron chi connectivity index (χ2n) is 8.94. The summed E-state index contributed by atoms with van der Waals surface area (Å²) in [5.74, 6) is 2.82. The third-order valence-electron chi connectivity index (χ3n) is 6.77. The van der Waals surface area contributed by atoms with Gasteiger partial charge in [-0.2, -0.15) is 0 Å². The summed E-state index contributed by atoms with van der Waals surface area (Å²) in [6.07, 6.45) is 0.989. The summed E-state index contributed by atoms with van der Waals surface area (Å²) in [6.45, 7) is 0. The monoisotopic (exact) mass is 501 g/mol. The number of H-pyrrole nitrogens is 1. The van der Waals surface area contributed by atoms with Gasteiger partial charge in [-0.3, -0.25) is 0 Å². The number of nitrogens with one attached hydrogen (secondary N) is 1. The van der Waals surface area contributed by atoms with Gasteiger partial charge in [0.25, 0.3) is 0 Å². The lowest BCUT2D eigenvalue weighted by molar-refractivity contribution is 0.0306. The first kappa shape index (κ1) is 20.5. The van der Waals surface area contributed by atoms with E-state index in [9.17, 15) is 0 Å². The van der Waals surface area contributed by atoms with E-state index >= 15 is 0 Å². The quantitative estimate of drug-likeness (QED) is 0.261. The van der Waals surface area contributed by atoms with Crippen molar-refractivity contribution in [3.05, 3.63) is 108 Å². The van der Waals surface area contributed by atoms with Gasteiger partial charge in [-0.1, -0.05) is 36.4 Å². The lowest BCUT2D eigenvalue weighted by Gasteiger charge is -2.11. The van der Waals surface area contributed by atoms with Crippen LogP contribution in [0.2, 0.25) is 0 Å². The Balaban J connectivity index is 1.46. The SMILES string of the molecule is c1coc(-c2ccc3oc(C4Oc5ccccc5O4)c(-c4cc5ccccc5[nH]4)c3c2-c2cccs2)c1. The second kappa shape index (κ2) is 7.91. The third kappa shape index (κ3) is 3.16. The molecular weight excluding hydrogens is 482 g/mol. The Kier molecular flexibility index (Phi) is 4.39. The predicted molar refractivity (Wildman–Crippen MR) is 145 cm³/mol. The van der Waals surface area contributed by atoms with Crippen molar-refractivity contribution in [1.82, 2.24) is 4.98 Å². The van der Waals surface area contributed by atoms with Crippen LogP contribution in [0.25, 0.3) is 54.9 Å². The third-order valence-corrected chi connectivity index (χ3v) is 7.66. The molecule has 3 aromatic carbocycles. The molecule has 1 N–H and O–H groups in total. The molecule has 0 unspecified atom stereocenters. The molecule has 1 aliphatic rings. The number of para-hydroxylation sites is 3. The van der Waals surface area contributed by atoms with Gasteiger partial charge < -0.3 is 23.3 Å². The van der Waals surface area contributed by atoms with Crippen molar-refractivity contribution in [2.45, 2.75) is 6.29 Å². The Bertz CT molecular complexity index is 1840. The van der Waals surface area contributed by atoms with Gasteiger partial charge in [-0.25, -0.2) is 0 Å². The minimum atomic E-state index is -0.713. The summed E-state index contributed by atoms with van der Waals surface area (Å²) in [6, 6.07) is 30.3. The van der Waals surface area contributed by atoms with Gasteiger partial charge in [-0.05, 0) is 60.0 Å². The number of fused-ring (bicyclic) bond motifs is 3. The molecule has 5 nitrogen and oxygen atoms in total. The summed E-state index contributed by atoms with van der Waals surface area (Å²) >= 11 is 1.69. The normalized spacial score (nSPS) is 13.2. The number of benzene rings is 3. The molecule has 7 aromatic rings. The Morgan fingerprint density at radius 2 is 1.59 bits per heavy atom. The highest BCUT2D eigenvalue weighted by Crippen LogP contribution is 2.50. The van der Waals surface area contributed by atoms with Gasteiger partial charge in [0.15, 0.2) is 17.3 Å². The number of ether oxygens (including phenoxy) is 2.